The molecule has 3 aromatic rings. The third-order valence-corrected chi connectivity index (χ3v) is 3.84. The molecule has 108 valence electrons. The molecule has 0 aliphatic heterocycles. The van der Waals surface area contributed by atoms with Gasteiger partial charge in [0.15, 0.2) is 0 Å². The SMILES string of the molecule is CCNC(c1ccc2[nH]c(=O)[nH]c2c1)c1ccccc1Cl. The van der Waals surface area contributed by atoms with Gasteiger partial charge in [-0.1, -0.05) is 42.8 Å². The molecule has 0 bridgehead atoms. The lowest BCUT2D eigenvalue weighted by Gasteiger charge is -2.20. The molecule has 2 aromatic carbocycles. The lowest BCUT2D eigenvalue weighted by atomic mass is 9.98. The van der Waals surface area contributed by atoms with E-state index in [2.05, 4.69) is 22.2 Å². The summed E-state index contributed by atoms with van der Waals surface area (Å²) in [5.41, 5.74) is 3.50. The zero-order valence-electron chi connectivity index (χ0n) is 11.6. The molecule has 3 N–H and O–H groups in total. The third-order valence-electron chi connectivity index (χ3n) is 3.50. The maximum Gasteiger partial charge on any atom is 0.323 e. The highest BCUT2D eigenvalue weighted by molar-refractivity contribution is 6.31. The van der Waals surface area contributed by atoms with E-state index in [1.165, 1.54) is 0 Å². The first-order valence-electron chi connectivity index (χ1n) is 6.89. The molecule has 1 atom stereocenters. The fourth-order valence-electron chi connectivity index (χ4n) is 2.55. The molecule has 4 nitrogen and oxygen atoms in total. The number of rotatable bonds is 4. The van der Waals surface area contributed by atoms with Gasteiger partial charge in [-0.25, -0.2) is 4.79 Å². The molecule has 3 rings (SSSR count). The Bertz CT molecular complexity index is 822. The number of aromatic amines is 2. The van der Waals surface area contributed by atoms with Crippen molar-refractivity contribution in [2.75, 3.05) is 6.54 Å². The molecule has 5 heteroatoms. The Labute approximate surface area is 127 Å². The van der Waals surface area contributed by atoms with E-state index < -0.39 is 0 Å². The second-order valence-corrected chi connectivity index (χ2v) is 5.30. The molecule has 0 saturated carbocycles. The zero-order chi connectivity index (χ0) is 14.8. The smallest absolute Gasteiger partial charge is 0.306 e. The van der Waals surface area contributed by atoms with Gasteiger partial charge in [0, 0.05) is 5.02 Å². The monoisotopic (exact) mass is 301 g/mol. The van der Waals surface area contributed by atoms with Crippen LogP contribution in [0, 0.1) is 0 Å². The average Bonchev–Trinajstić information content (AvgIpc) is 2.85. The normalized spacial score (nSPS) is 12.7. The Kier molecular flexibility index (Phi) is 3.82. The molecule has 1 heterocycles. The van der Waals surface area contributed by atoms with E-state index >= 15 is 0 Å². The largest absolute Gasteiger partial charge is 0.323 e. The minimum Gasteiger partial charge on any atom is -0.306 e. The minimum absolute atomic E-state index is 0.00787. The molecule has 0 radical (unpaired) electrons. The summed E-state index contributed by atoms with van der Waals surface area (Å²) in [6.07, 6.45) is 0. The van der Waals surface area contributed by atoms with Gasteiger partial charge in [0.25, 0.3) is 0 Å². The van der Waals surface area contributed by atoms with Crippen LogP contribution in [-0.4, -0.2) is 16.5 Å². The molecule has 0 amide bonds. The van der Waals surface area contributed by atoms with Crippen molar-refractivity contribution in [2.45, 2.75) is 13.0 Å². The molecule has 0 aliphatic carbocycles. The van der Waals surface area contributed by atoms with Crippen LogP contribution in [0.1, 0.15) is 24.1 Å². The topological polar surface area (TPSA) is 60.7 Å². The van der Waals surface area contributed by atoms with E-state index in [4.69, 9.17) is 11.6 Å². The maximum atomic E-state index is 11.4. The second-order valence-electron chi connectivity index (χ2n) is 4.90. The molecule has 1 unspecified atom stereocenters. The number of fused-ring (bicyclic) bond motifs is 1. The highest BCUT2D eigenvalue weighted by atomic mass is 35.5. The minimum atomic E-state index is -0.195. The van der Waals surface area contributed by atoms with Crippen molar-refractivity contribution in [3.8, 4) is 0 Å². The summed E-state index contributed by atoms with van der Waals surface area (Å²) in [4.78, 5) is 16.9. The van der Waals surface area contributed by atoms with Crippen LogP contribution in [0.4, 0.5) is 0 Å². The number of halogens is 1. The van der Waals surface area contributed by atoms with E-state index in [-0.39, 0.29) is 11.7 Å². The van der Waals surface area contributed by atoms with Crippen molar-refractivity contribution >= 4 is 22.6 Å². The predicted molar refractivity (Wildman–Crippen MR) is 85.9 cm³/mol. The van der Waals surface area contributed by atoms with E-state index in [1.807, 2.05) is 42.5 Å². The summed E-state index contributed by atoms with van der Waals surface area (Å²) in [5.74, 6) is 0. The molecular formula is C16H16ClN3O. The third kappa shape index (κ3) is 2.73. The van der Waals surface area contributed by atoms with Crippen molar-refractivity contribution in [2.24, 2.45) is 0 Å². The lowest BCUT2D eigenvalue weighted by molar-refractivity contribution is 0.631. The summed E-state index contributed by atoms with van der Waals surface area (Å²) in [7, 11) is 0. The van der Waals surface area contributed by atoms with Crippen LogP contribution in [0.25, 0.3) is 11.0 Å². The Morgan fingerprint density at radius 2 is 1.90 bits per heavy atom. The van der Waals surface area contributed by atoms with Gasteiger partial charge >= 0.3 is 5.69 Å². The highest BCUT2D eigenvalue weighted by Crippen LogP contribution is 2.29. The molecular weight excluding hydrogens is 286 g/mol. The van der Waals surface area contributed by atoms with Gasteiger partial charge in [-0.05, 0) is 35.9 Å². The van der Waals surface area contributed by atoms with Crippen LogP contribution >= 0.6 is 11.6 Å². The molecule has 21 heavy (non-hydrogen) atoms. The first-order valence-corrected chi connectivity index (χ1v) is 7.26. The number of H-pyrrole nitrogens is 2. The number of aromatic nitrogens is 2. The molecule has 0 saturated heterocycles. The van der Waals surface area contributed by atoms with Gasteiger partial charge in [0.1, 0.15) is 0 Å². The highest BCUT2D eigenvalue weighted by Gasteiger charge is 2.16. The number of hydrogen-bond donors (Lipinski definition) is 3. The van der Waals surface area contributed by atoms with Crippen molar-refractivity contribution < 1.29 is 0 Å². The summed E-state index contributed by atoms with van der Waals surface area (Å²) in [5, 5.41) is 4.17. The number of hydrogen-bond acceptors (Lipinski definition) is 2. The van der Waals surface area contributed by atoms with Crippen LogP contribution < -0.4 is 11.0 Å². The second kappa shape index (κ2) is 5.76. The summed E-state index contributed by atoms with van der Waals surface area (Å²) in [6.45, 7) is 2.87. The Morgan fingerprint density at radius 3 is 2.67 bits per heavy atom. The van der Waals surface area contributed by atoms with Gasteiger partial charge in [0.2, 0.25) is 0 Å². The van der Waals surface area contributed by atoms with E-state index in [1.54, 1.807) is 0 Å². The van der Waals surface area contributed by atoms with Crippen LogP contribution in [0.3, 0.4) is 0 Å². The average molecular weight is 302 g/mol. The van der Waals surface area contributed by atoms with Crippen molar-refractivity contribution in [1.29, 1.82) is 0 Å². The zero-order valence-corrected chi connectivity index (χ0v) is 12.4. The maximum absolute atomic E-state index is 11.4. The van der Waals surface area contributed by atoms with Crippen molar-refractivity contribution in [1.82, 2.24) is 15.3 Å². The van der Waals surface area contributed by atoms with Gasteiger partial charge < -0.3 is 15.3 Å². The summed E-state index contributed by atoms with van der Waals surface area (Å²) >= 11 is 6.32. The first-order chi connectivity index (χ1) is 10.2. The summed E-state index contributed by atoms with van der Waals surface area (Å²) < 4.78 is 0. The van der Waals surface area contributed by atoms with Gasteiger partial charge in [-0.15, -0.1) is 0 Å². The molecule has 0 spiro atoms. The van der Waals surface area contributed by atoms with Crippen LogP contribution in [-0.2, 0) is 0 Å². The summed E-state index contributed by atoms with van der Waals surface area (Å²) in [6, 6.07) is 13.7. The van der Waals surface area contributed by atoms with E-state index in [0.717, 1.165) is 33.7 Å². The van der Waals surface area contributed by atoms with E-state index in [0.29, 0.717) is 0 Å². The Balaban J connectivity index is 2.10. The lowest BCUT2D eigenvalue weighted by Crippen LogP contribution is -2.22. The number of nitrogens with one attached hydrogen (secondary N) is 3. The molecule has 1 aromatic heterocycles. The quantitative estimate of drug-likeness (QED) is 0.693. The standard InChI is InChI=1S/C16H16ClN3O/c1-2-18-15(11-5-3-4-6-12(11)17)10-7-8-13-14(9-10)20-16(21)19-13/h3-9,15,18H,2H2,1H3,(H2,19,20,21). The fourth-order valence-corrected chi connectivity index (χ4v) is 2.80. The van der Waals surface area contributed by atoms with Crippen molar-refractivity contribution in [3.05, 3.63) is 69.1 Å². The number of imidazole rings is 1. The number of benzene rings is 2. The van der Waals surface area contributed by atoms with Gasteiger partial charge in [-0.2, -0.15) is 0 Å². The van der Waals surface area contributed by atoms with Crippen LogP contribution in [0.15, 0.2) is 47.3 Å². The van der Waals surface area contributed by atoms with Gasteiger partial charge in [0.05, 0.1) is 17.1 Å². The first kappa shape index (κ1) is 13.9. The van der Waals surface area contributed by atoms with E-state index in [9.17, 15) is 4.79 Å². The van der Waals surface area contributed by atoms with Crippen LogP contribution in [0.2, 0.25) is 5.02 Å². The predicted octanol–water partition coefficient (Wildman–Crippen LogP) is 3.21. The van der Waals surface area contributed by atoms with Gasteiger partial charge in [-0.3, -0.25) is 0 Å². The fraction of sp³-hybridized carbons (Fsp3) is 0.188. The Morgan fingerprint density at radius 1 is 1.14 bits per heavy atom. The Hall–Kier alpha value is -2.04. The van der Waals surface area contributed by atoms with Crippen LogP contribution in [0.5, 0.6) is 0 Å². The molecule has 0 fully saturated rings. The molecule has 0 aliphatic rings. The van der Waals surface area contributed by atoms with Crippen molar-refractivity contribution in [3.63, 3.8) is 0 Å².